The van der Waals surface area contributed by atoms with Crippen LogP contribution in [0.1, 0.15) is 179 Å². The fourth-order valence-corrected chi connectivity index (χ4v) is 6.48. The van der Waals surface area contributed by atoms with E-state index in [2.05, 4.69) is 13.8 Å². The quantitative estimate of drug-likeness (QED) is 0.0533. The summed E-state index contributed by atoms with van der Waals surface area (Å²) in [6, 6.07) is 11.6. The highest BCUT2D eigenvalue weighted by atomic mass is 16.5. The molecule has 0 amide bonds. The molecule has 0 unspecified atom stereocenters. The van der Waals surface area contributed by atoms with Gasteiger partial charge >= 0.3 is 0 Å². The minimum absolute atomic E-state index is 0.0995. The molecule has 52 heavy (non-hydrogen) atoms. The SMILES string of the molecule is CCCCCCCCCCCCCCOc1ccc(C=CC(=O)C=Cc2ccc(OCCCCCCCCCCCCCC)c(OC)c2)cc1OC. The third-order valence-electron chi connectivity index (χ3n) is 9.77. The number of hydrogen-bond donors (Lipinski definition) is 0. The van der Waals surface area contributed by atoms with Crippen LogP contribution in [-0.4, -0.2) is 33.2 Å². The fourth-order valence-electron chi connectivity index (χ4n) is 6.48. The van der Waals surface area contributed by atoms with E-state index in [1.54, 1.807) is 38.5 Å². The summed E-state index contributed by atoms with van der Waals surface area (Å²) in [6.07, 6.45) is 38.5. The summed E-state index contributed by atoms with van der Waals surface area (Å²) in [5.74, 6) is 2.74. The molecule has 0 N–H and O–H groups in total. The first kappa shape index (κ1) is 44.9. The van der Waals surface area contributed by atoms with Gasteiger partial charge in [-0.3, -0.25) is 4.79 Å². The number of carbonyl (C=O) groups excluding carboxylic acids is 1. The van der Waals surface area contributed by atoms with Crippen LogP contribution >= 0.6 is 0 Å². The van der Waals surface area contributed by atoms with E-state index in [0.29, 0.717) is 24.7 Å². The molecule has 0 radical (unpaired) electrons. The molecule has 0 atom stereocenters. The van der Waals surface area contributed by atoms with Crippen LogP contribution in [0.15, 0.2) is 48.6 Å². The summed E-state index contributed by atoms with van der Waals surface area (Å²) < 4.78 is 23.2. The van der Waals surface area contributed by atoms with Crippen LogP contribution in [0, 0.1) is 0 Å². The number of benzene rings is 2. The van der Waals surface area contributed by atoms with Crippen molar-refractivity contribution in [3.8, 4) is 23.0 Å². The molecule has 0 aliphatic heterocycles. The second kappa shape index (κ2) is 31.3. The summed E-state index contributed by atoms with van der Waals surface area (Å²) in [4.78, 5) is 12.6. The average molecular weight is 719 g/mol. The Morgan fingerprint density at radius 1 is 0.442 bits per heavy atom. The van der Waals surface area contributed by atoms with Gasteiger partial charge in [0.2, 0.25) is 0 Å². The van der Waals surface area contributed by atoms with E-state index in [9.17, 15) is 4.79 Å². The number of ether oxygens (including phenoxy) is 4. The van der Waals surface area contributed by atoms with Crippen LogP contribution in [-0.2, 0) is 4.79 Å². The lowest BCUT2D eigenvalue weighted by atomic mass is 10.1. The lowest BCUT2D eigenvalue weighted by molar-refractivity contribution is -0.110. The molecule has 0 saturated carbocycles. The molecule has 0 aliphatic carbocycles. The van der Waals surface area contributed by atoms with Crippen molar-refractivity contribution < 1.29 is 23.7 Å². The molecular weight excluding hydrogens is 645 g/mol. The van der Waals surface area contributed by atoms with Crippen molar-refractivity contribution in [2.75, 3.05) is 27.4 Å². The first-order valence-corrected chi connectivity index (χ1v) is 21.1. The average Bonchev–Trinajstić information content (AvgIpc) is 3.17. The molecule has 2 aromatic carbocycles. The van der Waals surface area contributed by atoms with Crippen LogP contribution in [0.5, 0.6) is 23.0 Å². The maximum atomic E-state index is 12.6. The molecule has 0 aromatic heterocycles. The Balaban J connectivity index is 1.65. The summed E-state index contributed by atoms with van der Waals surface area (Å²) in [7, 11) is 3.30. The summed E-state index contributed by atoms with van der Waals surface area (Å²) >= 11 is 0. The van der Waals surface area contributed by atoms with Gasteiger partial charge in [0.1, 0.15) is 0 Å². The number of unbranched alkanes of at least 4 members (excludes halogenated alkanes) is 22. The minimum atomic E-state index is -0.0995. The zero-order valence-electron chi connectivity index (χ0n) is 33.7. The molecule has 292 valence electrons. The van der Waals surface area contributed by atoms with Gasteiger partial charge in [0, 0.05) is 0 Å². The summed E-state index contributed by atoms with van der Waals surface area (Å²) in [5.41, 5.74) is 1.76. The number of ketones is 1. The van der Waals surface area contributed by atoms with E-state index in [0.717, 1.165) is 35.5 Å². The molecule has 0 spiro atoms. The second-order valence-electron chi connectivity index (χ2n) is 14.4. The number of rotatable bonds is 34. The number of allylic oxidation sites excluding steroid dienone is 2. The Kier molecular flexibility index (Phi) is 27.1. The molecule has 2 rings (SSSR count). The molecule has 0 aliphatic rings. The van der Waals surface area contributed by atoms with Crippen LogP contribution in [0.2, 0.25) is 0 Å². The van der Waals surface area contributed by atoms with E-state index >= 15 is 0 Å². The van der Waals surface area contributed by atoms with E-state index in [1.807, 2.05) is 36.4 Å². The van der Waals surface area contributed by atoms with Gasteiger partial charge in [-0.25, -0.2) is 0 Å². The highest BCUT2D eigenvalue weighted by molar-refractivity contribution is 6.04. The van der Waals surface area contributed by atoms with Gasteiger partial charge in [0.25, 0.3) is 0 Å². The standard InChI is InChI=1S/C47H74O5/c1-5-7-9-11-13-15-17-19-21-23-25-27-37-51-44-35-31-41(39-46(44)49-3)29-33-43(48)34-30-42-32-36-45(47(40-42)50-4)52-38-28-26-24-22-20-18-16-14-12-10-8-6-2/h29-36,39-40H,5-28,37-38H2,1-4H3. The van der Waals surface area contributed by atoms with Crippen LogP contribution in [0.4, 0.5) is 0 Å². The zero-order valence-corrected chi connectivity index (χ0v) is 33.7. The Morgan fingerprint density at radius 3 is 1.06 bits per heavy atom. The molecule has 5 heteroatoms. The van der Waals surface area contributed by atoms with Crippen molar-refractivity contribution in [2.24, 2.45) is 0 Å². The maximum Gasteiger partial charge on any atom is 0.178 e. The molecule has 0 heterocycles. The minimum Gasteiger partial charge on any atom is -0.493 e. The highest BCUT2D eigenvalue weighted by Gasteiger charge is 2.07. The highest BCUT2D eigenvalue weighted by Crippen LogP contribution is 2.30. The third-order valence-corrected chi connectivity index (χ3v) is 9.77. The van der Waals surface area contributed by atoms with Gasteiger partial charge in [-0.2, -0.15) is 0 Å². The Morgan fingerprint density at radius 2 is 0.750 bits per heavy atom. The molecular formula is C47H74O5. The molecule has 0 saturated heterocycles. The maximum absolute atomic E-state index is 12.6. The smallest absolute Gasteiger partial charge is 0.178 e. The van der Waals surface area contributed by atoms with Gasteiger partial charge < -0.3 is 18.9 Å². The molecule has 0 bridgehead atoms. The monoisotopic (exact) mass is 719 g/mol. The largest absolute Gasteiger partial charge is 0.493 e. The van der Waals surface area contributed by atoms with Crippen molar-refractivity contribution in [1.29, 1.82) is 0 Å². The molecule has 5 nitrogen and oxygen atoms in total. The second-order valence-corrected chi connectivity index (χ2v) is 14.4. The van der Waals surface area contributed by atoms with Crippen LogP contribution < -0.4 is 18.9 Å². The first-order valence-electron chi connectivity index (χ1n) is 21.1. The van der Waals surface area contributed by atoms with Crippen molar-refractivity contribution in [2.45, 2.75) is 168 Å². The molecule has 0 fully saturated rings. The van der Waals surface area contributed by atoms with Crippen molar-refractivity contribution in [3.05, 3.63) is 59.7 Å². The normalized spacial score (nSPS) is 11.5. The topological polar surface area (TPSA) is 54.0 Å². The van der Waals surface area contributed by atoms with E-state index in [1.165, 1.54) is 141 Å². The van der Waals surface area contributed by atoms with Gasteiger partial charge in [0.15, 0.2) is 28.8 Å². The Labute approximate surface area is 318 Å². The zero-order chi connectivity index (χ0) is 37.3. The Hall–Kier alpha value is -3.21. The lowest BCUT2D eigenvalue weighted by Gasteiger charge is -2.11. The van der Waals surface area contributed by atoms with Gasteiger partial charge in [0.05, 0.1) is 27.4 Å². The van der Waals surface area contributed by atoms with Crippen LogP contribution in [0.3, 0.4) is 0 Å². The number of methoxy groups -OCH3 is 2. The van der Waals surface area contributed by atoms with E-state index in [4.69, 9.17) is 18.9 Å². The van der Waals surface area contributed by atoms with E-state index < -0.39 is 0 Å². The predicted molar refractivity (Wildman–Crippen MR) is 222 cm³/mol. The van der Waals surface area contributed by atoms with Crippen molar-refractivity contribution >= 4 is 17.9 Å². The first-order chi connectivity index (χ1) is 25.6. The van der Waals surface area contributed by atoms with Gasteiger partial charge in [-0.05, 0) is 60.4 Å². The van der Waals surface area contributed by atoms with Crippen LogP contribution in [0.25, 0.3) is 12.2 Å². The van der Waals surface area contributed by atoms with Gasteiger partial charge in [-0.1, -0.05) is 179 Å². The van der Waals surface area contributed by atoms with Crippen molar-refractivity contribution in [1.82, 2.24) is 0 Å². The fraction of sp³-hybridized carbons (Fsp3) is 0.638. The van der Waals surface area contributed by atoms with Crippen molar-refractivity contribution in [3.63, 3.8) is 0 Å². The summed E-state index contributed by atoms with van der Waals surface area (Å²) in [5, 5.41) is 0. The van der Waals surface area contributed by atoms with E-state index in [-0.39, 0.29) is 5.78 Å². The third kappa shape index (κ3) is 22.0. The predicted octanol–water partition coefficient (Wildman–Crippen LogP) is 14.2. The number of carbonyl (C=O) groups is 1. The molecule has 2 aromatic rings. The summed E-state index contributed by atoms with van der Waals surface area (Å²) in [6.45, 7) is 5.92. The number of hydrogen-bond acceptors (Lipinski definition) is 5. The lowest BCUT2D eigenvalue weighted by Crippen LogP contribution is -1.99. The van der Waals surface area contributed by atoms with Gasteiger partial charge in [-0.15, -0.1) is 0 Å². The Bertz CT molecular complexity index is 1140.